The molecule has 0 radical (unpaired) electrons. The average Bonchev–Trinajstić information content (AvgIpc) is 3.25. The normalized spacial score (nSPS) is 15.0. The number of hydrogen-bond donors (Lipinski definition) is 0. The second-order valence-electron chi connectivity index (χ2n) is 6.60. The zero-order valence-electron chi connectivity index (χ0n) is 14.8. The van der Waals surface area contributed by atoms with E-state index in [0.29, 0.717) is 11.1 Å². The molecule has 0 saturated carbocycles. The molecular formula is C21H19NO4S. The number of imide groups is 1. The molecule has 2 aromatic carbocycles. The van der Waals surface area contributed by atoms with Crippen molar-refractivity contribution in [3.63, 3.8) is 0 Å². The molecule has 0 fully saturated rings. The molecule has 0 saturated heterocycles. The number of nitrogens with zero attached hydrogens (tertiary/aromatic N) is 1. The summed E-state index contributed by atoms with van der Waals surface area (Å²) in [5, 5.41) is 0. The fourth-order valence-corrected chi connectivity index (χ4v) is 4.27. The Labute approximate surface area is 161 Å². The van der Waals surface area contributed by atoms with E-state index in [1.54, 1.807) is 24.3 Å². The Bertz CT molecular complexity index is 889. The number of aryl methyl sites for hydroxylation is 2. The number of carbonyl (C=O) groups is 3. The Morgan fingerprint density at radius 1 is 1.00 bits per heavy atom. The van der Waals surface area contributed by atoms with Crippen molar-refractivity contribution in [1.82, 2.24) is 4.90 Å². The van der Waals surface area contributed by atoms with Crippen LogP contribution < -0.4 is 0 Å². The maximum atomic E-state index is 12.2. The highest BCUT2D eigenvalue weighted by Crippen LogP contribution is 2.27. The van der Waals surface area contributed by atoms with Gasteiger partial charge in [-0.2, -0.15) is 0 Å². The molecule has 1 aliphatic carbocycles. The summed E-state index contributed by atoms with van der Waals surface area (Å²) in [7, 11) is 0. The smallest absolute Gasteiger partial charge is 0.316 e. The lowest BCUT2D eigenvalue weighted by atomic mass is 10.1. The SMILES string of the molecule is O=C(CSc1ccc2c(c1)CCC2)OCCN1C(=O)c2ccccc2C1=O. The van der Waals surface area contributed by atoms with Crippen LogP contribution in [-0.2, 0) is 22.4 Å². The van der Waals surface area contributed by atoms with Gasteiger partial charge >= 0.3 is 5.97 Å². The highest BCUT2D eigenvalue weighted by atomic mass is 32.2. The van der Waals surface area contributed by atoms with Crippen molar-refractivity contribution in [2.75, 3.05) is 18.9 Å². The standard InChI is InChI=1S/C21H19NO4S/c23-19(13-27-16-9-8-14-4-3-5-15(14)12-16)26-11-10-22-20(24)17-6-1-2-7-18(17)21(22)25/h1-2,6-9,12H,3-5,10-11,13H2. The van der Waals surface area contributed by atoms with Gasteiger partial charge in [0.1, 0.15) is 6.61 Å². The van der Waals surface area contributed by atoms with Gasteiger partial charge in [-0.05, 0) is 54.7 Å². The van der Waals surface area contributed by atoms with Gasteiger partial charge in [-0.3, -0.25) is 19.3 Å². The molecule has 1 heterocycles. The summed E-state index contributed by atoms with van der Waals surface area (Å²) in [4.78, 5) is 38.7. The summed E-state index contributed by atoms with van der Waals surface area (Å²) >= 11 is 1.45. The Kier molecular flexibility index (Phi) is 4.99. The van der Waals surface area contributed by atoms with E-state index in [1.165, 1.54) is 29.3 Å². The lowest BCUT2D eigenvalue weighted by molar-refractivity contribution is -0.140. The number of fused-ring (bicyclic) bond motifs is 2. The van der Waals surface area contributed by atoms with Crippen LogP contribution in [0.3, 0.4) is 0 Å². The molecule has 2 amide bonds. The number of benzene rings is 2. The van der Waals surface area contributed by atoms with Gasteiger partial charge < -0.3 is 4.74 Å². The van der Waals surface area contributed by atoms with Crippen molar-refractivity contribution in [3.8, 4) is 0 Å². The molecule has 5 nitrogen and oxygen atoms in total. The zero-order chi connectivity index (χ0) is 18.8. The van der Waals surface area contributed by atoms with E-state index in [1.807, 2.05) is 6.07 Å². The van der Waals surface area contributed by atoms with Crippen LogP contribution in [0.25, 0.3) is 0 Å². The Balaban J connectivity index is 1.24. The molecule has 27 heavy (non-hydrogen) atoms. The Morgan fingerprint density at radius 2 is 1.70 bits per heavy atom. The van der Waals surface area contributed by atoms with Crippen LogP contribution in [0.1, 0.15) is 38.3 Å². The molecule has 6 heteroatoms. The molecule has 0 bridgehead atoms. The summed E-state index contributed by atoms with van der Waals surface area (Å²) < 4.78 is 5.21. The maximum Gasteiger partial charge on any atom is 0.316 e. The third-order valence-electron chi connectivity index (χ3n) is 4.88. The zero-order valence-corrected chi connectivity index (χ0v) is 15.6. The van der Waals surface area contributed by atoms with Crippen molar-refractivity contribution in [3.05, 3.63) is 64.7 Å². The fraction of sp³-hybridized carbons (Fsp3) is 0.286. The molecule has 0 aromatic heterocycles. The van der Waals surface area contributed by atoms with E-state index in [2.05, 4.69) is 12.1 Å². The minimum atomic E-state index is -0.350. The first-order valence-corrected chi connectivity index (χ1v) is 9.97. The second kappa shape index (κ2) is 7.56. The average molecular weight is 381 g/mol. The molecule has 0 N–H and O–H groups in total. The molecule has 138 valence electrons. The van der Waals surface area contributed by atoms with Crippen LogP contribution >= 0.6 is 11.8 Å². The molecule has 1 aliphatic heterocycles. The summed E-state index contributed by atoms with van der Waals surface area (Å²) in [5.41, 5.74) is 3.59. The van der Waals surface area contributed by atoms with Crippen LogP contribution in [-0.4, -0.2) is 41.6 Å². The van der Waals surface area contributed by atoms with Crippen molar-refractivity contribution < 1.29 is 19.1 Å². The monoisotopic (exact) mass is 381 g/mol. The largest absolute Gasteiger partial charge is 0.463 e. The molecule has 2 aliphatic rings. The quantitative estimate of drug-likeness (QED) is 0.437. The van der Waals surface area contributed by atoms with Crippen molar-refractivity contribution in [1.29, 1.82) is 0 Å². The predicted octanol–water partition coefficient (Wildman–Crippen LogP) is 3.11. The van der Waals surface area contributed by atoms with E-state index >= 15 is 0 Å². The summed E-state index contributed by atoms with van der Waals surface area (Å²) in [6.07, 6.45) is 3.44. The number of ether oxygens (including phenoxy) is 1. The number of amides is 2. The van der Waals surface area contributed by atoms with Crippen LogP contribution in [0.4, 0.5) is 0 Å². The van der Waals surface area contributed by atoms with Gasteiger partial charge in [0.15, 0.2) is 0 Å². The van der Waals surface area contributed by atoms with Gasteiger partial charge in [-0.15, -0.1) is 11.8 Å². The van der Waals surface area contributed by atoms with Gasteiger partial charge in [-0.1, -0.05) is 18.2 Å². The summed E-state index contributed by atoms with van der Waals surface area (Å²) in [6, 6.07) is 13.1. The highest BCUT2D eigenvalue weighted by Gasteiger charge is 2.34. The first-order valence-electron chi connectivity index (χ1n) is 8.99. The molecular weight excluding hydrogens is 362 g/mol. The number of esters is 1. The van der Waals surface area contributed by atoms with E-state index in [-0.39, 0.29) is 36.7 Å². The number of thioether (sulfide) groups is 1. The fourth-order valence-electron chi connectivity index (χ4n) is 3.51. The van der Waals surface area contributed by atoms with Crippen LogP contribution in [0.2, 0.25) is 0 Å². The number of hydrogen-bond acceptors (Lipinski definition) is 5. The van der Waals surface area contributed by atoms with Crippen molar-refractivity contribution >= 4 is 29.5 Å². The Hall–Kier alpha value is -2.60. The first kappa shape index (κ1) is 17.8. The van der Waals surface area contributed by atoms with Gasteiger partial charge in [0, 0.05) is 4.90 Å². The van der Waals surface area contributed by atoms with Crippen molar-refractivity contribution in [2.24, 2.45) is 0 Å². The van der Waals surface area contributed by atoms with Crippen LogP contribution in [0.15, 0.2) is 47.4 Å². The molecule has 0 atom stereocenters. The van der Waals surface area contributed by atoms with E-state index < -0.39 is 0 Å². The summed E-state index contributed by atoms with van der Waals surface area (Å²) in [6.45, 7) is 0.0800. The topological polar surface area (TPSA) is 63.7 Å². The molecule has 4 rings (SSSR count). The second-order valence-corrected chi connectivity index (χ2v) is 7.65. The number of carbonyl (C=O) groups excluding carboxylic acids is 3. The Morgan fingerprint density at radius 3 is 2.44 bits per heavy atom. The van der Waals surface area contributed by atoms with Gasteiger partial charge in [0.05, 0.1) is 23.4 Å². The first-order chi connectivity index (χ1) is 13.1. The molecule has 0 unspecified atom stereocenters. The van der Waals surface area contributed by atoms with Crippen molar-refractivity contribution in [2.45, 2.75) is 24.2 Å². The third kappa shape index (κ3) is 3.62. The van der Waals surface area contributed by atoms with Gasteiger partial charge in [-0.25, -0.2) is 0 Å². The van der Waals surface area contributed by atoms with E-state index in [9.17, 15) is 14.4 Å². The summed E-state index contributed by atoms with van der Waals surface area (Å²) in [5.74, 6) is -0.809. The molecule has 0 spiro atoms. The lowest BCUT2D eigenvalue weighted by Crippen LogP contribution is -2.33. The lowest BCUT2D eigenvalue weighted by Gasteiger charge is -2.13. The maximum absolute atomic E-state index is 12.2. The van der Waals surface area contributed by atoms with Crippen LogP contribution in [0, 0.1) is 0 Å². The number of rotatable bonds is 6. The van der Waals surface area contributed by atoms with Gasteiger partial charge in [0.25, 0.3) is 11.8 Å². The minimum Gasteiger partial charge on any atom is -0.463 e. The van der Waals surface area contributed by atoms with E-state index in [4.69, 9.17) is 4.74 Å². The highest BCUT2D eigenvalue weighted by molar-refractivity contribution is 8.00. The van der Waals surface area contributed by atoms with Gasteiger partial charge in [0.2, 0.25) is 0 Å². The van der Waals surface area contributed by atoms with E-state index in [0.717, 1.165) is 22.6 Å². The molecule has 2 aromatic rings. The predicted molar refractivity (Wildman–Crippen MR) is 102 cm³/mol. The minimum absolute atomic E-state index is 0.00898. The third-order valence-corrected chi connectivity index (χ3v) is 5.85. The van der Waals surface area contributed by atoms with Crippen LogP contribution in [0.5, 0.6) is 0 Å².